The van der Waals surface area contributed by atoms with Crippen LogP contribution in [-0.4, -0.2) is 52.1 Å². The van der Waals surface area contributed by atoms with Crippen LogP contribution in [-0.2, 0) is 24.3 Å². The lowest BCUT2D eigenvalue weighted by molar-refractivity contribution is -0.126. The van der Waals surface area contributed by atoms with E-state index in [-0.39, 0.29) is 23.1 Å². The third kappa shape index (κ3) is 6.59. The molecule has 1 aliphatic heterocycles. The van der Waals surface area contributed by atoms with Gasteiger partial charge in [-0.3, -0.25) is 14.5 Å². The molecule has 2 atom stereocenters. The van der Waals surface area contributed by atoms with Crippen LogP contribution < -0.4 is 14.9 Å². The maximum absolute atomic E-state index is 13.9. The molecular weight excluding hydrogens is 449 g/mol. The normalized spacial score (nSPS) is 16.8. The minimum absolute atomic E-state index is 0.0106. The maximum atomic E-state index is 13.9. The molecule has 1 fully saturated rings. The zero-order valence-electron chi connectivity index (χ0n) is 18.4. The van der Waals surface area contributed by atoms with Crippen molar-refractivity contribution in [3.63, 3.8) is 0 Å². The average Bonchev–Trinajstić information content (AvgIpc) is 3.34. The first-order valence-corrected chi connectivity index (χ1v) is 12.3. The van der Waals surface area contributed by atoms with Crippen molar-refractivity contribution in [2.24, 2.45) is 0 Å². The van der Waals surface area contributed by atoms with E-state index in [0.717, 1.165) is 23.8 Å². The highest BCUT2D eigenvalue weighted by molar-refractivity contribution is 7.89. The summed E-state index contributed by atoms with van der Waals surface area (Å²) in [7, 11) is -3.94. The topological polar surface area (TPSA) is 105 Å². The van der Waals surface area contributed by atoms with E-state index in [1.165, 1.54) is 30.3 Å². The van der Waals surface area contributed by atoms with E-state index in [9.17, 15) is 22.4 Å². The molecule has 0 unspecified atom stereocenters. The molecule has 0 spiro atoms. The van der Waals surface area contributed by atoms with Crippen LogP contribution in [0.2, 0.25) is 0 Å². The molecule has 0 aliphatic carbocycles. The molecule has 178 valence electrons. The molecule has 2 N–H and O–H groups in total. The number of halogens is 1. The third-order valence-corrected chi connectivity index (χ3v) is 6.77. The van der Waals surface area contributed by atoms with Crippen molar-refractivity contribution < 1.29 is 27.1 Å². The predicted molar refractivity (Wildman–Crippen MR) is 122 cm³/mol. The molecule has 3 rings (SSSR count). The highest BCUT2D eigenvalue weighted by Gasteiger charge is 2.31. The van der Waals surface area contributed by atoms with Crippen molar-refractivity contribution in [2.45, 2.75) is 43.2 Å². The first-order chi connectivity index (χ1) is 15.8. The molecule has 2 aromatic rings. The van der Waals surface area contributed by atoms with Crippen molar-refractivity contribution in [1.29, 1.82) is 0 Å². The van der Waals surface area contributed by atoms with Crippen LogP contribution in [0.3, 0.4) is 0 Å². The summed E-state index contributed by atoms with van der Waals surface area (Å²) in [5, 5.41) is 2.80. The Labute approximate surface area is 193 Å². The Balaban J connectivity index is 1.79. The number of anilines is 1. The molecule has 0 aromatic heterocycles. The summed E-state index contributed by atoms with van der Waals surface area (Å²) in [5.41, 5.74) is 0.165. The van der Waals surface area contributed by atoms with Crippen LogP contribution in [0.25, 0.3) is 0 Å². The van der Waals surface area contributed by atoms with Crippen molar-refractivity contribution in [1.82, 2.24) is 10.0 Å². The number of carbonyl (C=O) groups is 2. The van der Waals surface area contributed by atoms with Gasteiger partial charge in [0.25, 0.3) is 0 Å². The average molecular weight is 478 g/mol. The number of rotatable bonds is 10. The Bertz CT molecular complexity index is 1060. The monoisotopic (exact) mass is 477 g/mol. The molecule has 2 aromatic carbocycles. The van der Waals surface area contributed by atoms with Crippen LogP contribution >= 0.6 is 0 Å². The van der Waals surface area contributed by atoms with Crippen LogP contribution in [0.4, 0.5) is 10.1 Å². The van der Waals surface area contributed by atoms with E-state index in [0.29, 0.717) is 13.2 Å². The second kappa shape index (κ2) is 11.4. The number of carbonyl (C=O) groups excluding carboxylic acids is 2. The van der Waals surface area contributed by atoms with Crippen molar-refractivity contribution in [3.8, 4) is 0 Å². The number of ether oxygens (including phenoxy) is 1. The molecule has 10 heteroatoms. The first-order valence-electron chi connectivity index (χ1n) is 10.8. The SMILES string of the molecule is CC[C@@H](C(=O)NC[C@H]1CCCO1)N(C(=O)CNS(=O)(=O)c1ccccc1)c1cccc(F)c1. The minimum atomic E-state index is -3.94. The Morgan fingerprint density at radius 1 is 1.18 bits per heavy atom. The van der Waals surface area contributed by atoms with E-state index in [1.807, 2.05) is 0 Å². The molecular formula is C23H28FN3O5S. The van der Waals surface area contributed by atoms with E-state index in [1.54, 1.807) is 25.1 Å². The van der Waals surface area contributed by atoms with Gasteiger partial charge in [0.2, 0.25) is 21.8 Å². The number of amides is 2. The number of nitrogens with one attached hydrogen (secondary N) is 2. The maximum Gasteiger partial charge on any atom is 0.243 e. The fourth-order valence-corrected chi connectivity index (χ4v) is 4.67. The smallest absolute Gasteiger partial charge is 0.243 e. The highest BCUT2D eigenvalue weighted by atomic mass is 32.2. The molecule has 1 aliphatic rings. The van der Waals surface area contributed by atoms with Crippen LogP contribution in [0, 0.1) is 5.82 Å². The summed E-state index contributed by atoms with van der Waals surface area (Å²) in [4.78, 5) is 27.3. The molecule has 0 bridgehead atoms. The van der Waals surface area contributed by atoms with Crippen molar-refractivity contribution in [3.05, 3.63) is 60.4 Å². The number of hydrogen-bond acceptors (Lipinski definition) is 5. The Hall–Kier alpha value is -2.82. The summed E-state index contributed by atoms with van der Waals surface area (Å²) in [5.74, 6) is -1.68. The second-order valence-electron chi connectivity index (χ2n) is 7.69. The van der Waals surface area contributed by atoms with Gasteiger partial charge in [-0.1, -0.05) is 31.2 Å². The molecule has 2 amide bonds. The Kier molecular flexibility index (Phi) is 8.54. The molecule has 1 saturated heterocycles. The van der Waals surface area contributed by atoms with Gasteiger partial charge >= 0.3 is 0 Å². The van der Waals surface area contributed by atoms with Gasteiger partial charge in [-0.15, -0.1) is 0 Å². The highest BCUT2D eigenvalue weighted by Crippen LogP contribution is 2.21. The zero-order chi connectivity index (χ0) is 23.8. The summed E-state index contributed by atoms with van der Waals surface area (Å²) in [6.07, 6.45) is 1.92. The fraction of sp³-hybridized carbons (Fsp3) is 0.391. The third-order valence-electron chi connectivity index (χ3n) is 5.35. The number of hydrogen-bond donors (Lipinski definition) is 2. The lowest BCUT2D eigenvalue weighted by Gasteiger charge is -2.31. The summed E-state index contributed by atoms with van der Waals surface area (Å²) in [6.45, 7) is 2.08. The summed E-state index contributed by atoms with van der Waals surface area (Å²) < 4.78 is 46.8. The van der Waals surface area contributed by atoms with Crippen LogP contribution in [0.5, 0.6) is 0 Å². The van der Waals surface area contributed by atoms with Gasteiger partial charge < -0.3 is 10.1 Å². The molecule has 8 nitrogen and oxygen atoms in total. The largest absolute Gasteiger partial charge is 0.376 e. The van der Waals surface area contributed by atoms with Crippen molar-refractivity contribution >= 4 is 27.5 Å². The summed E-state index contributed by atoms with van der Waals surface area (Å²) >= 11 is 0. The van der Waals surface area contributed by atoms with Gasteiger partial charge in [0, 0.05) is 18.8 Å². The van der Waals surface area contributed by atoms with Gasteiger partial charge in [-0.2, -0.15) is 0 Å². The quantitative estimate of drug-likeness (QED) is 0.546. The standard InChI is InChI=1S/C23H28FN3O5S/c1-2-21(23(29)25-15-19-10-7-13-32-19)27(18-9-6-8-17(24)14-18)22(28)16-26-33(30,31)20-11-4-3-5-12-20/h3-6,8-9,11-12,14,19,21,26H,2,7,10,13,15-16H2,1H3,(H,25,29)/t19-,21+/m1/s1. The molecule has 0 radical (unpaired) electrons. The van der Waals surface area contributed by atoms with E-state index >= 15 is 0 Å². The van der Waals surface area contributed by atoms with Gasteiger partial charge in [-0.05, 0) is 49.6 Å². The Morgan fingerprint density at radius 3 is 2.58 bits per heavy atom. The van der Waals surface area contributed by atoms with Crippen LogP contribution in [0.1, 0.15) is 26.2 Å². The first kappa shape index (κ1) is 24.8. The fourth-order valence-electron chi connectivity index (χ4n) is 3.67. The van der Waals surface area contributed by atoms with Crippen molar-refractivity contribution in [2.75, 3.05) is 24.6 Å². The second-order valence-corrected chi connectivity index (χ2v) is 9.45. The molecule has 1 heterocycles. The van der Waals surface area contributed by atoms with E-state index in [2.05, 4.69) is 10.0 Å². The van der Waals surface area contributed by atoms with E-state index < -0.39 is 40.2 Å². The lowest BCUT2D eigenvalue weighted by atomic mass is 10.1. The van der Waals surface area contributed by atoms with Gasteiger partial charge in [0.15, 0.2) is 0 Å². The van der Waals surface area contributed by atoms with Gasteiger partial charge in [0.1, 0.15) is 11.9 Å². The van der Waals surface area contributed by atoms with E-state index in [4.69, 9.17) is 4.74 Å². The van der Waals surface area contributed by atoms with Gasteiger partial charge in [0.05, 0.1) is 17.5 Å². The minimum Gasteiger partial charge on any atom is -0.376 e. The number of sulfonamides is 1. The molecule has 0 saturated carbocycles. The zero-order valence-corrected chi connectivity index (χ0v) is 19.2. The number of benzene rings is 2. The lowest BCUT2D eigenvalue weighted by Crippen LogP contribution is -2.53. The van der Waals surface area contributed by atoms with Gasteiger partial charge in [-0.25, -0.2) is 17.5 Å². The Morgan fingerprint density at radius 2 is 1.94 bits per heavy atom. The summed E-state index contributed by atoms with van der Waals surface area (Å²) in [6, 6.07) is 12.0. The number of nitrogens with zero attached hydrogens (tertiary/aromatic N) is 1. The van der Waals surface area contributed by atoms with Crippen LogP contribution in [0.15, 0.2) is 59.5 Å². The molecule has 33 heavy (non-hydrogen) atoms. The predicted octanol–water partition coefficient (Wildman–Crippen LogP) is 2.21.